The van der Waals surface area contributed by atoms with Gasteiger partial charge in [0.2, 0.25) is 5.91 Å². The Balaban J connectivity index is 0.00000324. The van der Waals surface area contributed by atoms with Gasteiger partial charge in [0.05, 0.1) is 0 Å². The minimum atomic E-state index is -1.07. The molecule has 1 atom stereocenters. The third-order valence-electron chi connectivity index (χ3n) is 3.12. The zero-order chi connectivity index (χ0) is 13.8. The number of nitrogens with one attached hydrogen (secondary N) is 1. The molecule has 1 aliphatic rings. The van der Waals surface area contributed by atoms with E-state index >= 15 is 0 Å². The van der Waals surface area contributed by atoms with E-state index in [1.165, 1.54) is 0 Å². The molecule has 0 fully saturated rings. The van der Waals surface area contributed by atoms with E-state index in [-0.39, 0.29) is 40.6 Å². The molecule has 1 unspecified atom stereocenters. The van der Waals surface area contributed by atoms with Gasteiger partial charge in [-0.2, -0.15) is 0 Å². The molecule has 1 rings (SSSR count). The zero-order valence-corrected chi connectivity index (χ0v) is 14.8. The van der Waals surface area contributed by atoms with Crippen molar-refractivity contribution < 1.29 is 39.1 Å². The van der Waals surface area contributed by atoms with Gasteiger partial charge in [-0.1, -0.05) is 26.0 Å². The standard InChI is InChI=1S/C13H20N2O2S.Na/c1-4-5-7-13(8-6-9(2)3)10(16)14-12(18)15-11(13)17;/h4-5,9H,6-8H2,1-3H3,(H2,14,15,16,17,18);/q;+1/p-1. The molecule has 0 aromatic carbocycles. The maximum absolute atomic E-state index is 12.1. The molecule has 0 saturated heterocycles. The molecule has 0 aromatic rings. The van der Waals surface area contributed by atoms with E-state index < -0.39 is 11.3 Å². The molecule has 0 aromatic heterocycles. The Morgan fingerprint density at radius 3 is 2.53 bits per heavy atom. The third kappa shape index (κ3) is 4.67. The van der Waals surface area contributed by atoms with Crippen LogP contribution in [0.3, 0.4) is 0 Å². The number of carbonyl (C=O) groups excluding carboxylic acids is 2. The number of hydrogen-bond acceptors (Lipinski definition) is 3. The number of amidine groups is 1. The van der Waals surface area contributed by atoms with Gasteiger partial charge in [0.1, 0.15) is 5.41 Å². The SMILES string of the molecule is CC=CCC1(CCC(C)C)C(=O)N=C([S-])NC1=O.[Na+]. The molecule has 4 nitrogen and oxygen atoms in total. The molecule has 19 heavy (non-hydrogen) atoms. The van der Waals surface area contributed by atoms with Crippen molar-refractivity contribution in [3.8, 4) is 0 Å². The fraction of sp³-hybridized carbons (Fsp3) is 0.615. The molecule has 100 valence electrons. The molecule has 1 aliphatic heterocycles. The number of amides is 2. The van der Waals surface area contributed by atoms with Crippen LogP contribution in [0.2, 0.25) is 0 Å². The van der Waals surface area contributed by atoms with Crippen LogP contribution in [0.5, 0.6) is 0 Å². The van der Waals surface area contributed by atoms with Gasteiger partial charge in [-0.05, 0) is 37.3 Å². The minimum absolute atomic E-state index is 0. The first-order chi connectivity index (χ1) is 8.42. The number of carbonyl (C=O) groups is 2. The number of nitrogens with zero attached hydrogens (tertiary/aromatic N) is 1. The van der Waals surface area contributed by atoms with Gasteiger partial charge in [0.15, 0.2) is 0 Å². The maximum Gasteiger partial charge on any atom is 1.00 e. The summed E-state index contributed by atoms with van der Waals surface area (Å²) in [5.41, 5.74) is -1.07. The Kier molecular flexibility index (Phi) is 8.05. The van der Waals surface area contributed by atoms with Crippen molar-refractivity contribution in [2.24, 2.45) is 16.3 Å². The summed E-state index contributed by atoms with van der Waals surface area (Å²) >= 11 is 4.77. The van der Waals surface area contributed by atoms with Crippen LogP contribution in [0.1, 0.15) is 40.0 Å². The Labute approximate surface area is 142 Å². The first-order valence-electron chi connectivity index (χ1n) is 6.15. The van der Waals surface area contributed by atoms with Gasteiger partial charge in [-0.3, -0.25) is 9.59 Å². The molecule has 6 heteroatoms. The molecule has 0 aliphatic carbocycles. The molecular formula is C13H19N2NaO2S. The van der Waals surface area contributed by atoms with Crippen LogP contribution >= 0.6 is 0 Å². The maximum atomic E-state index is 12.1. The van der Waals surface area contributed by atoms with Gasteiger partial charge >= 0.3 is 29.6 Å². The molecule has 1 N–H and O–H groups in total. The first kappa shape index (κ1) is 18.8. The fourth-order valence-corrected chi connectivity index (χ4v) is 2.07. The second-order valence-corrected chi connectivity index (χ2v) is 5.35. The largest absolute Gasteiger partial charge is 1.00 e. The Morgan fingerprint density at radius 2 is 2.05 bits per heavy atom. The van der Waals surface area contributed by atoms with Crippen LogP contribution in [0.15, 0.2) is 17.1 Å². The number of hydrogen-bond donors (Lipinski definition) is 1. The average molecular weight is 290 g/mol. The Morgan fingerprint density at radius 1 is 1.42 bits per heavy atom. The predicted octanol–water partition coefficient (Wildman–Crippen LogP) is -1.06. The summed E-state index contributed by atoms with van der Waals surface area (Å²) < 4.78 is 0. The quantitative estimate of drug-likeness (QED) is 0.304. The molecule has 1 heterocycles. The van der Waals surface area contributed by atoms with Gasteiger partial charge in [0.25, 0.3) is 5.91 Å². The number of rotatable bonds is 5. The van der Waals surface area contributed by atoms with Crippen molar-refractivity contribution >= 4 is 29.6 Å². The summed E-state index contributed by atoms with van der Waals surface area (Å²) in [5.74, 6) is -0.289. The summed E-state index contributed by atoms with van der Waals surface area (Å²) in [6, 6.07) is 0. The van der Waals surface area contributed by atoms with Crippen LogP contribution < -0.4 is 34.9 Å². The average Bonchev–Trinajstić information content (AvgIpc) is 2.27. The summed E-state index contributed by atoms with van der Waals surface area (Å²) in [7, 11) is 0. The summed E-state index contributed by atoms with van der Waals surface area (Å²) in [5, 5.41) is 2.48. The second kappa shape index (κ2) is 8.15. The topological polar surface area (TPSA) is 58.5 Å². The van der Waals surface area contributed by atoms with Crippen molar-refractivity contribution in [1.29, 1.82) is 0 Å². The van der Waals surface area contributed by atoms with Gasteiger partial charge in [0, 0.05) is 0 Å². The number of aliphatic imine (C=N–C) groups is 1. The van der Waals surface area contributed by atoms with Crippen molar-refractivity contribution in [1.82, 2.24) is 5.32 Å². The molecule has 2 amide bonds. The van der Waals surface area contributed by atoms with Crippen LogP contribution in [-0.2, 0) is 22.2 Å². The molecule has 0 saturated carbocycles. The van der Waals surface area contributed by atoms with E-state index in [1.807, 2.05) is 19.1 Å². The molecule has 0 radical (unpaired) electrons. The van der Waals surface area contributed by atoms with E-state index in [2.05, 4.69) is 24.2 Å². The third-order valence-corrected chi connectivity index (χ3v) is 3.31. The van der Waals surface area contributed by atoms with E-state index in [4.69, 9.17) is 12.6 Å². The van der Waals surface area contributed by atoms with Crippen molar-refractivity contribution in [2.75, 3.05) is 0 Å². The minimum Gasteiger partial charge on any atom is -0.742 e. The van der Waals surface area contributed by atoms with Crippen molar-refractivity contribution in [2.45, 2.75) is 40.0 Å². The Hall–Kier alpha value is -0.230. The molecular weight excluding hydrogens is 271 g/mol. The van der Waals surface area contributed by atoms with Gasteiger partial charge in [-0.15, -0.1) is 0 Å². The van der Waals surface area contributed by atoms with Crippen LogP contribution in [0.4, 0.5) is 0 Å². The summed E-state index contributed by atoms with van der Waals surface area (Å²) in [4.78, 5) is 28.0. The summed E-state index contributed by atoms with van der Waals surface area (Å²) in [6.45, 7) is 6.00. The smallest absolute Gasteiger partial charge is 0.742 e. The second-order valence-electron chi connectivity index (χ2n) is 4.96. The van der Waals surface area contributed by atoms with Crippen molar-refractivity contribution in [3.05, 3.63) is 12.2 Å². The molecule has 0 bridgehead atoms. The van der Waals surface area contributed by atoms with E-state index in [0.29, 0.717) is 18.8 Å². The van der Waals surface area contributed by atoms with Gasteiger partial charge in [-0.25, -0.2) is 4.99 Å². The monoisotopic (exact) mass is 290 g/mol. The van der Waals surface area contributed by atoms with E-state index in [9.17, 15) is 9.59 Å². The predicted molar refractivity (Wildman–Crippen MR) is 73.9 cm³/mol. The fourth-order valence-electron chi connectivity index (χ4n) is 1.90. The van der Waals surface area contributed by atoms with Crippen LogP contribution in [0.25, 0.3) is 0 Å². The number of allylic oxidation sites excluding steroid dienone is 2. The first-order valence-corrected chi connectivity index (χ1v) is 6.56. The van der Waals surface area contributed by atoms with E-state index in [1.54, 1.807) is 0 Å². The van der Waals surface area contributed by atoms with Gasteiger partial charge < -0.3 is 17.9 Å². The Bertz CT molecular complexity index is 407. The summed E-state index contributed by atoms with van der Waals surface area (Å²) in [6.07, 6.45) is 5.37. The normalized spacial score (nSPS) is 23.3. The van der Waals surface area contributed by atoms with Crippen molar-refractivity contribution in [3.63, 3.8) is 0 Å². The zero-order valence-electron chi connectivity index (χ0n) is 12.0. The van der Waals surface area contributed by atoms with Crippen LogP contribution in [-0.4, -0.2) is 17.0 Å². The van der Waals surface area contributed by atoms with Crippen LogP contribution in [0, 0.1) is 11.3 Å². The molecule has 0 spiro atoms. The van der Waals surface area contributed by atoms with E-state index in [0.717, 1.165) is 6.42 Å².